The van der Waals surface area contributed by atoms with E-state index in [1.54, 1.807) is 31.4 Å². The van der Waals surface area contributed by atoms with Gasteiger partial charge in [-0.15, -0.1) is 0 Å². The monoisotopic (exact) mass is 381 g/mol. The lowest BCUT2D eigenvalue weighted by molar-refractivity contribution is 0.0975. The molecule has 3 rings (SSSR count). The van der Waals surface area contributed by atoms with Gasteiger partial charge >= 0.3 is 0 Å². The first kappa shape index (κ1) is 19.9. The topological polar surface area (TPSA) is 72.0 Å². The molecule has 1 fully saturated rings. The Kier molecular flexibility index (Phi) is 7.03. The summed E-state index contributed by atoms with van der Waals surface area (Å²) >= 11 is 0. The summed E-state index contributed by atoms with van der Waals surface area (Å²) in [6.45, 7) is 3.39. The third kappa shape index (κ3) is 5.57. The molecule has 1 aliphatic rings. The highest BCUT2D eigenvalue weighted by Gasteiger charge is 2.16. The van der Waals surface area contributed by atoms with Crippen LogP contribution >= 0.6 is 0 Å². The van der Waals surface area contributed by atoms with Crippen LogP contribution in [0, 0.1) is 0 Å². The maximum Gasteiger partial charge on any atom is 0.258 e. The molecule has 1 saturated heterocycles. The number of carbonyl (C=O) groups is 1. The predicted octanol–water partition coefficient (Wildman–Crippen LogP) is 3.63. The number of amides is 1. The van der Waals surface area contributed by atoms with Crippen molar-refractivity contribution in [3.63, 3.8) is 0 Å². The van der Waals surface area contributed by atoms with E-state index >= 15 is 0 Å². The molecule has 2 N–H and O–H groups in total. The van der Waals surface area contributed by atoms with Crippen molar-refractivity contribution in [1.82, 2.24) is 5.32 Å². The second-order valence-electron chi connectivity index (χ2n) is 6.69. The first-order valence-corrected chi connectivity index (χ1v) is 9.65. The first-order valence-electron chi connectivity index (χ1n) is 9.65. The molecule has 0 spiro atoms. The Morgan fingerprint density at radius 3 is 2.86 bits per heavy atom. The molecule has 0 aromatic heterocycles. The molecule has 2 aromatic rings. The van der Waals surface area contributed by atoms with Gasteiger partial charge in [-0.3, -0.25) is 10.1 Å². The number of nitrogens with zero attached hydrogens (tertiary/aromatic N) is 1. The average Bonchev–Trinajstić information content (AvgIpc) is 3.26. The summed E-state index contributed by atoms with van der Waals surface area (Å²) in [5, 5.41) is 6.12. The Labute approximate surface area is 166 Å². The van der Waals surface area contributed by atoms with Crippen LogP contribution in [0.15, 0.2) is 53.5 Å². The third-order valence-electron chi connectivity index (χ3n) is 4.64. The molecule has 2 aromatic carbocycles. The lowest BCUT2D eigenvalue weighted by Gasteiger charge is -2.14. The molecule has 1 unspecified atom stereocenters. The van der Waals surface area contributed by atoms with E-state index in [2.05, 4.69) is 34.7 Å². The minimum atomic E-state index is -0.246. The van der Waals surface area contributed by atoms with Crippen LogP contribution in [0.1, 0.15) is 35.7 Å². The number of ether oxygens (including phenoxy) is 2. The van der Waals surface area contributed by atoms with Gasteiger partial charge in [0.1, 0.15) is 5.75 Å². The summed E-state index contributed by atoms with van der Waals surface area (Å²) in [6.07, 6.45) is 3.09. The fourth-order valence-electron chi connectivity index (χ4n) is 3.04. The van der Waals surface area contributed by atoms with Gasteiger partial charge in [-0.25, -0.2) is 4.99 Å². The Bertz CT molecular complexity index is 829. The maximum atomic E-state index is 12.7. The number of carbonyl (C=O) groups excluding carboxylic acids is 1. The second-order valence-corrected chi connectivity index (χ2v) is 6.69. The molecular weight excluding hydrogens is 354 g/mol. The zero-order chi connectivity index (χ0) is 19.8. The highest BCUT2D eigenvalue weighted by molar-refractivity contribution is 6.10. The summed E-state index contributed by atoms with van der Waals surface area (Å²) in [6, 6.07) is 15.1. The van der Waals surface area contributed by atoms with Crippen LogP contribution in [0.25, 0.3) is 0 Å². The second kappa shape index (κ2) is 9.90. The SMILES string of the molecule is CCc1cccc(NC(=NCC2CCCO2)NC(=O)c2cccc(OC)c2)c1. The molecule has 0 bridgehead atoms. The molecular formula is C22H27N3O3. The molecule has 0 radical (unpaired) electrons. The van der Waals surface area contributed by atoms with Gasteiger partial charge in [0.05, 0.1) is 19.8 Å². The van der Waals surface area contributed by atoms with E-state index in [4.69, 9.17) is 9.47 Å². The molecule has 0 aliphatic carbocycles. The Balaban J connectivity index is 1.76. The molecule has 6 heteroatoms. The number of hydrogen-bond donors (Lipinski definition) is 2. The zero-order valence-electron chi connectivity index (χ0n) is 16.4. The lowest BCUT2D eigenvalue weighted by atomic mass is 10.1. The van der Waals surface area contributed by atoms with Gasteiger partial charge in [0.25, 0.3) is 5.91 Å². The van der Waals surface area contributed by atoms with E-state index in [0.717, 1.165) is 31.6 Å². The van der Waals surface area contributed by atoms with Crippen molar-refractivity contribution in [1.29, 1.82) is 0 Å². The fraction of sp³-hybridized carbons (Fsp3) is 0.364. The molecule has 148 valence electrons. The van der Waals surface area contributed by atoms with Crippen LogP contribution in [-0.4, -0.2) is 38.2 Å². The summed E-state index contributed by atoms with van der Waals surface area (Å²) in [5.41, 5.74) is 2.60. The van der Waals surface area contributed by atoms with Gasteiger partial charge in [0.2, 0.25) is 5.96 Å². The largest absolute Gasteiger partial charge is 0.497 e. The van der Waals surface area contributed by atoms with E-state index in [1.165, 1.54) is 5.56 Å². The van der Waals surface area contributed by atoms with Crippen molar-refractivity contribution in [3.05, 3.63) is 59.7 Å². The van der Waals surface area contributed by atoms with Gasteiger partial charge in [-0.2, -0.15) is 0 Å². The van der Waals surface area contributed by atoms with Gasteiger partial charge in [0, 0.05) is 17.9 Å². The summed E-state index contributed by atoms with van der Waals surface area (Å²) in [5.74, 6) is 0.801. The zero-order valence-corrected chi connectivity index (χ0v) is 16.4. The fourth-order valence-corrected chi connectivity index (χ4v) is 3.04. The van der Waals surface area contributed by atoms with Gasteiger partial charge in [-0.05, 0) is 55.2 Å². The molecule has 1 amide bonds. The smallest absolute Gasteiger partial charge is 0.258 e. The number of aryl methyl sites for hydroxylation is 1. The van der Waals surface area contributed by atoms with Crippen LogP contribution in [-0.2, 0) is 11.2 Å². The Morgan fingerprint density at radius 1 is 1.25 bits per heavy atom. The minimum Gasteiger partial charge on any atom is -0.497 e. The number of hydrogen-bond acceptors (Lipinski definition) is 4. The molecule has 6 nitrogen and oxygen atoms in total. The quantitative estimate of drug-likeness (QED) is 0.592. The van der Waals surface area contributed by atoms with Crippen LogP contribution < -0.4 is 15.4 Å². The number of anilines is 1. The summed E-state index contributed by atoms with van der Waals surface area (Å²) < 4.78 is 10.8. The number of rotatable bonds is 6. The van der Waals surface area contributed by atoms with Gasteiger partial charge in [0.15, 0.2) is 0 Å². The van der Waals surface area contributed by atoms with E-state index in [1.807, 2.05) is 12.1 Å². The summed E-state index contributed by atoms with van der Waals surface area (Å²) in [4.78, 5) is 17.3. The molecule has 1 aliphatic heterocycles. The van der Waals surface area contributed by atoms with Crippen molar-refractivity contribution < 1.29 is 14.3 Å². The highest BCUT2D eigenvalue weighted by atomic mass is 16.5. The predicted molar refractivity (Wildman–Crippen MR) is 111 cm³/mol. The number of methoxy groups -OCH3 is 1. The standard InChI is InChI=1S/C22H27N3O3/c1-3-16-7-4-9-18(13-16)24-22(23-15-20-11-6-12-28-20)25-21(26)17-8-5-10-19(14-17)27-2/h4-5,7-10,13-14,20H,3,6,11-12,15H2,1-2H3,(H2,23,24,25,26). The van der Waals surface area contributed by atoms with Gasteiger partial charge in [-0.1, -0.05) is 25.1 Å². The van der Waals surface area contributed by atoms with E-state index in [0.29, 0.717) is 23.8 Å². The highest BCUT2D eigenvalue weighted by Crippen LogP contribution is 2.15. The van der Waals surface area contributed by atoms with Crippen LogP contribution in [0.3, 0.4) is 0 Å². The first-order chi connectivity index (χ1) is 13.7. The van der Waals surface area contributed by atoms with Crippen molar-refractivity contribution in [2.24, 2.45) is 4.99 Å². The molecule has 0 saturated carbocycles. The average molecular weight is 381 g/mol. The van der Waals surface area contributed by atoms with Crippen LogP contribution in [0.4, 0.5) is 5.69 Å². The third-order valence-corrected chi connectivity index (χ3v) is 4.64. The molecule has 1 heterocycles. The van der Waals surface area contributed by atoms with Crippen LogP contribution in [0.5, 0.6) is 5.75 Å². The van der Waals surface area contributed by atoms with E-state index < -0.39 is 0 Å². The van der Waals surface area contributed by atoms with Crippen molar-refractivity contribution in [2.75, 3.05) is 25.6 Å². The van der Waals surface area contributed by atoms with Crippen molar-refractivity contribution in [2.45, 2.75) is 32.3 Å². The molecule has 28 heavy (non-hydrogen) atoms. The van der Waals surface area contributed by atoms with Crippen LogP contribution in [0.2, 0.25) is 0 Å². The number of nitrogens with one attached hydrogen (secondary N) is 2. The number of guanidine groups is 1. The van der Waals surface area contributed by atoms with Gasteiger partial charge < -0.3 is 14.8 Å². The molecule has 1 atom stereocenters. The van der Waals surface area contributed by atoms with E-state index in [9.17, 15) is 4.79 Å². The normalized spacial score (nSPS) is 16.6. The minimum absolute atomic E-state index is 0.104. The maximum absolute atomic E-state index is 12.7. The number of aliphatic imine (C=N–C) groups is 1. The number of benzene rings is 2. The Hall–Kier alpha value is -2.86. The Morgan fingerprint density at radius 2 is 2.11 bits per heavy atom. The van der Waals surface area contributed by atoms with E-state index in [-0.39, 0.29) is 12.0 Å². The van der Waals surface area contributed by atoms with Crippen molar-refractivity contribution in [3.8, 4) is 5.75 Å². The summed E-state index contributed by atoms with van der Waals surface area (Å²) in [7, 11) is 1.58. The lowest BCUT2D eigenvalue weighted by Crippen LogP contribution is -2.36. The van der Waals surface area contributed by atoms with Crippen molar-refractivity contribution >= 4 is 17.6 Å².